The second kappa shape index (κ2) is 4.85. The van der Waals surface area contributed by atoms with Crippen molar-refractivity contribution in [1.82, 2.24) is 0 Å². The molecule has 0 saturated carbocycles. The quantitative estimate of drug-likeness (QED) is 0.563. The maximum absolute atomic E-state index is 3.53. The summed E-state index contributed by atoms with van der Waals surface area (Å²) in [6.07, 6.45) is 7.51. The van der Waals surface area contributed by atoms with Crippen molar-refractivity contribution >= 4 is 15.9 Å². The average molecular weight is 173 g/mol. The molecule has 0 aliphatic heterocycles. The van der Waals surface area contributed by atoms with E-state index in [0.29, 0.717) is 0 Å². The first-order chi connectivity index (χ1) is 3.77. The predicted octanol–water partition coefficient (Wildman–Crippen LogP) is 3.03. The van der Waals surface area contributed by atoms with Crippen LogP contribution in [0.4, 0.5) is 0 Å². The average Bonchev–Trinajstić information content (AvgIpc) is 1.66. The van der Waals surface area contributed by atoms with E-state index in [4.69, 9.17) is 0 Å². The minimum Gasteiger partial charge on any atom is -0.0991 e. The van der Waals surface area contributed by atoms with Crippen molar-refractivity contribution in [3.8, 4) is 0 Å². The van der Waals surface area contributed by atoms with Gasteiger partial charge < -0.3 is 0 Å². The molecule has 0 spiro atoms. The lowest BCUT2D eigenvalue weighted by atomic mass is 10.4. The van der Waals surface area contributed by atoms with E-state index in [9.17, 15) is 0 Å². The van der Waals surface area contributed by atoms with E-state index in [1.165, 1.54) is 0 Å². The van der Waals surface area contributed by atoms with Gasteiger partial charge in [0.15, 0.2) is 0 Å². The van der Waals surface area contributed by atoms with Crippen molar-refractivity contribution in [2.24, 2.45) is 0 Å². The molecule has 0 aromatic heterocycles. The van der Waals surface area contributed by atoms with Gasteiger partial charge in [0.1, 0.15) is 0 Å². The van der Waals surface area contributed by atoms with Crippen LogP contribution in [0.5, 0.6) is 0 Å². The topological polar surface area (TPSA) is 0 Å². The van der Waals surface area contributed by atoms with Gasteiger partial charge in [-0.05, 0) is 11.4 Å². The van der Waals surface area contributed by atoms with Gasteiger partial charge in [0.05, 0.1) is 0 Å². The zero-order valence-electron chi connectivity index (χ0n) is 4.89. The van der Waals surface area contributed by atoms with Crippen LogP contribution >= 0.6 is 15.9 Å². The Morgan fingerprint density at radius 2 is 2.12 bits per heavy atom. The van der Waals surface area contributed by atoms with Crippen LogP contribution < -0.4 is 0 Å². The van der Waals surface area contributed by atoms with Gasteiger partial charge in [0.25, 0.3) is 0 Å². The molecule has 0 unspecified atom stereocenters. The summed E-state index contributed by atoms with van der Waals surface area (Å²) in [4.78, 5) is 0. The molecule has 0 radical (unpaired) electrons. The first-order valence-electron chi connectivity index (χ1n) is 2.39. The Balaban J connectivity index is 3.57. The number of allylic oxidation sites excluding steroid dienone is 5. The number of rotatable bonds is 2. The van der Waals surface area contributed by atoms with Crippen LogP contribution in [0, 0.1) is 0 Å². The molecule has 0 aliphatic rings. The first kappa shape index (κ1) is 7.70. The minimum atomic E-state index is 1.12. The number of halogens is 1. The number of hydrogen-bond acceptors (Lipinski definition) is 0. The molecule has 0 fully saturated rings. The van der Waals surface area contributed by atoms with Crippen molar-refractivity contribution in [2.75, 3.05) is 0 Å². The summed E-state index contributed by atoms with van der Waals surface area (Å²) in [5, 5.41) is 0. The molecular weight excluding hydrogens is 164 g/mol. The Bertz CT molecular complexity index is 116. The Morgan fingerprint density at radius 3 is 2.50 bits per heavy atom. The molecule has 0 aliphatic carbocycles. The summed E-state index contributed by atoms with van der Waals surface area (Å²) in [6, 6.07) is 0. The van der Waals surface area contributed by atoms with Gasteiger partial charge in [-0.15, -0.1) is 0 Å². The molecule has 1 heteroatoms. The van der Waals surface area contributed by atoms with E-state index in [-0.39, 0.29) is 0 Å². The second-order valence-electron chi connectivity index (χ2n) is 1.37. The second-order valence-corrected chi connectivity index (χ2v) is 2.62. The molecule has 0 bridgehead atoms. The molecular formula is C7H9Br. The standard InChI is InChI=1S/C7H9Br/c1-3-4-5-6-7(2)8/h3-6H,1H2,2H3/b5-4-,7-6-. The lowest BCUT2D eigenvalue weighted by Gasteiger charge is -1.76. The maximum atomic E-state index is 3.53. The highest BCUT2D eigenvalue weighted by Crippen LogP contribution is 2.00. The molecule has 0 heterocycles. The normalized spacial score (nSPS) is 12.5. The van der Waals surface area contributed by atoms with Crippen LogP contribution in [-0.2, 0) is 0 Å². The molecule has 0 nitrogen and oxygen atoms in total. The molecule has 0 amide bonds. The van der Waals surface area contributed by atoms with Crippen LogP contribution in [0.1, 0.15) is 6.92 Å². The van der Waals surface area contributed by atoms with Gasteiger partial charge >= 0.3 is 0 Å². The van der Waals surface area contributed by atoms with Crippen molar-refractivity contribution < 1.29 is 0 Å². The Hall–Kier alpha value is -0.300. The van der Waals surface area contributed by atoms with Crippen LogP contribution in [0.25, 0.3) is 0 Å². The third-order valence-electron chi connectivity index (χ3n) is 0.573. The lowest BCUT2D eigenvalue weighted by Crippen LogP contribution is -1.51. The van der Waals surface area contributed by atoms with E-state index in [0.717, 1.165) is 4.48 Å². The van der Waals surface area contributed by atoms with Gasteiger partial charge in [-0.1, -0.05) is 46.8 Å². The monoisotopic (exact) mass is 172 g/mol. The summed E-state index contributed by atoms with van der Waals surface area (Å²) in [7, 11) is 0. The summed E-state index contributed by atoms with van der Waals surface area (Å²) in [5.74, 6) is 0. The van der Waals surface area contributed by atoms with E-state index >= 15 is 0 Å². The number of hydrogen-bond donors (Lipinski definition) is 0. The van der Waals surface area contributed by atoms with E-state index < -0.39 is 0 Å². The maximum Gasteiger partial charge on any atom is -0.00804 e. The Morgan fingerprint density at radius 1 is 1.50 bits per heavy atom. The van der Waals surface area contributed by atoms with Crippen molar-refractivity contribution in [3.63, 3.8) is 0 Å². The zero-order valence-corrected chi connectivity index (χ0v) is 6.48. The Kier molecular flexibility index (Phi) is 4.67. The fourth-order valence-corrected chi connectivity index (χ4v) is 0.419. The molecule has 0 N–H and O–H groups in total. The molecule has 0 saturated heterocycles. The summed E-state index contributed by atoms with van der Waals surface area (Å²) in [5.41, 5.74) is 0. The molecule has 0 aromatic carbocycles. The zero-order chi connectivity index (χ0) is 6.41. The van der Waals surface area contributed by atoms with Crippen molar-refractivity contribution in [3.05, 3.63) is 35.4 Å². The van der Waals surface area contributed by atoms with E-state index in [1.54, 1.807) is 6.08 Å². The molecule has 44 valence electrons. The SMILES string of the molecule is C=C/C=C\C=C(\C)Br. The van der Waals surface area contributed by atoms with Gasteiger partial charge in [-0.25, -0.2) is 0 Å². The highest BCUT2D eigenvalue weighted by molar-refractivity contribution is 9.11. The molecule has 0 atom stereocenters. The summed E-state index contributed by atoms with van der Waals surface area (Å²) < 4.78 is 1.12. The molecule has 8 heavy (non-hydrogen) atoms. The highest BCUT2D eigenvalue weighted by Gasteiger charge is 1.68. The van der Waals surface area contributed by atoms with Crippen LogP contribution in [0.3, 0.4) is 0 Å². The van der Waals surface area contributed by atoms with E-state index in [2.05, 4.69) is 22.5 Å². The van der Waals surface area contributed by atoms with Gasteiger partial charge in [0.2, 0.25) is 0 Å². The van der Waals surface area contributed by atoms with Crippen molar-refractivity contribution in [1.29, 1.82) is 0 Å². The van der Waals surface area contributed by atoms with Crippen LogP contribution in [-0.4, -0.2) is 0 Å². The van der Waals surface area contributed by atoms with Crippen LogP contribution in [0.15, 0.2) is 35.4 Å². The summed E-state index contributed by atoms with van der Waals surface area (Å²) >= 11 is 3.28. The summed E-state index contributed by atoms with van der Waals surface area (Å²) in [6.45, 7) is 5.51. The molecule has 0 aromatic rings. The highest BCUT2D eigenvalue weighted by atomic mass is 79.9. The third-order valence-corrected chi connectivity index (χ3v) is 0.837. The fourth-order valence-electron chi connectivity index (χ4n) is 0.267. The largest absolute Gasteiger partial charge is 0.0991 e. The fraction of sp³-hybridized carbons (Fsp3) is 0.143. The minimum absolute atomic E-state index is 1.12. The predicted molar refractivity (Wildman–Crippen MR) is 42.0 cm³/mol. The first-order valence-corrected chi connectivity index (χ1v) is 3.18. The Labute approximate surface area is 58.7 Å². The van der Waals surface area contributed by atoms with E-state index in [1.807, 2.05) is 25.2 Å². The van der Waals surface area contributed by atoms with Gasteiger partial charge in [-0.2, -0.15) is 0 Å². The third kappa shape index (κ3) is 5.70. The lowest BCUT2D eigenvalue weighted by molar-refractivity contribution is 1.69. The van der Waals surface area contributed by atoms with Gasteiger partial charge in [0, 0.05) is 0 Å². The van der Waals surface area contributed by atoms with Crippen molar-refractivity contribution in [2.45, 2.75) is 6.92 Å². The van der Waals surface area contributed by atoms with Crippen LogP contribution in [0.2, 0.25) is 0 Å². The molecule has 0 rings (SSSR count). The van der Waals surface area contributed by atoms with Gasteiger partial charge in [-0.3, -0.25) is 0 Å². The smallest absolute Gasteiger partial charge is 0.00804 e.